The lowest BCUT2D eigenvalue weighted by Crippen LogP contribution is -2.36. The van der Waals surface area contributed by atoms with Crippen LogP contribution >= 0.6 is 0 Å². The maximum absolute atomic E-state index is 12.1. The van der Waals surface area contributed by atoms with Gasteiger partial charge in [0.15, 0.2) is 0 Å². The lowest BCUT2D eigenvalue weighted by atomic mass is 10.2. The molecule has 1 saturated heterocycles. The number of rotatable bonds is 7. The Balaban J connectivity index is 1.50. The average molecular weight is 360 g/mol. The Hall–Kier alpha value is -2.38. The van der Waals surface area contributed by atoms with Gasteiger partial charge < -0.3 is 4.74 Å². The zero-order chi connectivity index (χ0) is 17.7. The van der Waals surface area contributed by atoms with Gasteiger partial charge in [0.05, 0.1) is 12.3 Å². The summed E-state index contributed by atoms with van der Waals surface area (Å²) in [6.07, 6.45) is -0.518. The van der Waals surface area contributed by atoms with Crippen LogP contribution in [0.2, 0.25) is 0 Å². The van der Waals surface area contributed by atoms with Gasteiger partial charge in [0.2, 0.25) is 10.0 Å². The molecule has 6 nitrogen and oxygen atoms in total. The molecule has 1 N–H and O–H groups in total. The first kappa shape index (κ1) is 17.4. The number of cyclic esters (lactones) is 1. The topological polar surface area (TPSA) is 75.7 Å². The van der Waals surface area contributed by atoms with E-state index in [-0.39, 0.29) is 12.3 Å². The Morgan fingerprint density at radius 3 is 2.36 bits per heavy atom. The zero-order valence-corrected chi connectivity index (χ0v) is 14.5. The maximum atomic E-state index is 12.1. The van der Waals surface area contributed by atoms with E-state index in [9.17, 15) is 13.2 Å². The summed E-state index contributed by atoms with van der Waals surface area (Å²) in [5, 5.41) is 0. The Kier molecular flexibility index (Phi) is 5.35. The fraction of sp³-hybridized carbons (Fsp3) is 0.278. The molecule has 0 radical (unpaired) electrons. The number of sulfonamides is 1. The minimum atomic E-state index is -3.43. The number of anilines is 1. The zero-order valence-electron chi connectivity index (χ0n) is 13.7. The Bertz CT molecular complexity index is 809. The van der Waals surface area contributed by atoms with Crippen LogP contribution in [0.5, 0.6) is 0 Å². The van der Waals surface area contributed by atoms with Gasteiger partial charge in [-0.25, -0.2) is 17.9 Å². The monoisotopic (exact) mass is 360 g/mol. The van der Waals surface area contributed by atoms with E-state index >= 15 is 0 Å². The van der Waals surface area contributed by atoms with Crippen molar-refractivity contribution in [1.29, 1.82) is 0 Å². The van der Waals surface area contributed by atoms with Gasteiger partial charge in [-0.05, 0) is 24.1 Å². The SMILES string of the molecule is O=C1OC(CNS(=O)(=O)CCc2ccccc2)CN1c1ccccc1. The molecular weight excluding hydrogens is 340 g/mol. The predicted molar refractivity (Wildman–Crippen MR) is 96.0 cm³/mol. The molecule has 132 valence electrons. The Morgan fingerprint density at radius 1 is 1.04 bits per heavy atom. The number of hydrogen-bond donors (Lipinski definition) is 1. The molecule has 1 heterocycles. The minimum Gasteiger partial charge on any atom is -0.443 e. The van der Waals surface area contributed by atoms with Crippen LogP contribution in [0, 0.1) is 0 Å². The first-order chi connectivity index (χ1) is 12.0. The summed E-state index contributed by atoms with van der Waals surface area (Å²) in [5.41, 5.74) is 1.71. The van der Waals surface area contributed by atoms with Crippen molar-refractivity contribution in [2.45, 2.75) is 12.5 Å². The Labute approximate surface area is 147 Å². The molecular formula is C18H20N2O4S. The van der Waals surface area contributed by atoms with Crippen molar-refractivity contribution in [3.63, 3.8) is 0 Å². The number of carbonyl (C=O) groups excluding carboxylic acids is 1. The van der Waals surface area contributed by atoms with Crippen molar-refractivity contribution in [1.82, 2.24) is 4.72 Å². The smallest absolute Gasteiger partial charge is 0.414 e. The van der Waals surface area contributed by atoms with E-state index < -0.39 is 22.2 Å². The van der Waals surface area contributed by atoms with E-state index in [0.717, 1.165) is 11.3 Å². The van der Waals surface area contributed by atoms with E-state index in [2.05, 4.69) is 4.72 Å². The first-order valence-electron chi connectivity index (χ1n) is 8.08. The number of ether oxygens (including phenoxy) is 1. The van der Waals surface area contributed by atoms with E-state index in [1.807, 2.05) is 60.7 Å². The summed E-state index contributed by atoms with van der Waals surface area (Å²) in [5.74, 6) is 0.0000787. The summed E-state index contributed by atoms with van der Waals surface area (Å²) in [7, 11) is -3.43. The summed E-state index contributed by atoms with van der Waals surface area (Å²) >= 11 is 0. The molecule has 0 bridgehead atoms. The van der Waals surface area contributed by atoms with E-state index in [0.29, 0.717) is 13.0 Å². The molecule has 2 aromatic rings. The van der Waals surface area contributed by atoms with Gasteiger partial charge >= 0.3 is 6.09 Å². The van der Waals surface area contributed by atoms with E-state index in [4.69, 9.17) is 4.74 Å². The molecule has 1 aliphatic heterocycles. The fourth-order valence-electron chi connectivity index (χ4n) is 2.64. The number of para-hydroxylation sites is 1. The number of nitrogens with one attached hydrogen (secondary N) is 1. The van der Waals surface area contributed by atoms with Gasteiger partial charge in [-0.15, -0.1) is 0 Å². The van der Waals surface area contributed by atoms with Crippen LogP contribution in [0.4, 0.5) is 10.5 Å². The van der Waals surface area contributed by atoms with Crippen molar-refractivity contribution in [3.05, 3.63) is 66.2 Å². The number of aryl methyl sites for hydroxylation is 1. The van der Waals surface area contributed by atoms with Crippen molar-refractivity contribution in [3.8, 4) is 0 Å². The van der Waals surface area contributed by atoms with Crippen molar-refractivity contribution < 1.29 is 17.9 Å². The first-order valence-corrected chi connectivity index (χ1v) is 9.73. The third kappa shape index (κ3) is 4.80. The van der Waals surface area contributed by atoms with Crippen LogP contribution in [0.1, 0.15) is 5.56 Å². The molecule has 0 spiro atoms. The minimum absolute atomic E-state index is 0.0000787. The van der Waals surface area contributed by atoms with Crippen LogP contribution < -0.4 is 9.62 Å². The second kappa shape index (κ2) is 7.67. The van der Waals surface area contributed by atoms with Gasteiger partial charge in [-0.3, -0.25) is 4.90 Å². The highest BCUT2D eigenvalue weighted by Crippen LogP contribution is 2.20. The highest BCUT2D eigenvalue weighted by atomic mass is 32.2. The maximum Gasteiger partial charge on any atom is 0.414 e. The largest absolute Gasteiger partial charge is 0.443 e. The normalized spacial score (nSPS) is 17.5. The quantitative estimate of drug-likeness (QED) is 0.821. The third-order valence-electron chi connectivity index (χ3n) is 3.98. The predicted octanol–water partition coefficient (Wildman–Crippen LogP) is 2.17. The van der Waals surface area contributed by atoms with Crippen molar-refractivity contribution in [2.24, 2.45) is 0 Å². The van der Waals surface area contributed by atoms with E-state index in [1.165, 1.54) is 4.90 Å². The van der Waals surface area contributed by atoms with Gasteiger partial charge in [-0.2, -0.15) is 0 Å². The molecule has 0 aromatic heterocycles. The number of nitrogens with zero attached hydrogens (tertiary/aromatic N) is 1. The number of carbonyl (C=O) groups is 1. The van der Waals surface area contributed by atoms with Gasteiger partial charge in [-0.1, -0.05) is 48.5 Å². The average Bonchev–Trinajstić information content (AvgIpc) is 3.01. The molecule has 0 aliphatic carbocycles. The van der Waals surface area contributed by atoms with Gasteiger partial charge in [0, 0.05) is 12.2 Å². The molecule has 3 rings (SSSR count). The van der Waals surface area contributed by atoms with Crippen molar-refractivity contribution in [2.75, 3.05) is 23.7 Å². The van der Waals surface area contributed by atoms with Gasteiger partial charge in [0.25, 0.3) is 0 Å². The number of amides is 1. The second-order valence-electron chi connectivity index (χ2n) is 5.85. The molecule has 1 amide bonds. The fourth-order valence-corrected chi connectivity index (χ4v) is 3.72. The van der Waals surface area contributed by atoms with Crippen molar-refractivity contribution >= 4 is 21.8 Å². The van der Waals surface area contributed by atoms with Crippen LogP contribution in [-0.4, -0.2) is 39.5 Å². The third-order valence-corrected chi connectivity index (χ3v) is 5.32. The highest BCUT2D eigenvalue weighted by molar-refractivity contribution is 7.89. The molecule has 1 unspecified atom stereocenters. The second-order valence-corrected chi connectivity index (χ2v) is 7.78. The lowest BCUT2D eigenvalue weighted by molar-refractivity contribution is 0.143. The van der Waals surface area contributed by atoms with E-state index in [1.54, 1.807) is 0 Å². The summed E-state index contributed by atoms with van der Waals surface area (Å²) in [6.45, 7) is 0.399. The van der Waals surface area contributed by atoms with Crippen LogP contribution in [0.3, 0.4) is 0 Å². The Morgan fingerprint density at radius 2 is 1.68 bits per heavy atom. The summed E-state index contributed by atoms with van der Waals surface area (Å²) in [4.78, 5) is 13.4. The summed E-state index contributed by atoms with van der Waals surface area (Å²) < 4.78 is 32.0. The van der Waals surface area contributed by atoms with Gasteiger partial charge in [0.1, 0.15) is 6.10 Å². The van der Waals surface area contributed by atoms with Crippen LogP contribution in [-0.2, 0) is 21.2 Å². The lowest BCUT2D eigenvalue weighted by Gasteiger charge is -2.13. The summed E-state index contributed by atoms with van der Waals surface area (Å²) in [6, 6.07) is 18.6. The molecule has 7 heteroatoms. The molecule has 2 aromatic carbocycles. The van der Waals surface area contributed by atoms with Crippen LogP contribution in [0.15, 0.2) is 60.7 Å². The standard InChI is InChI=1S/C18H20N2O4S/c21-18-20(16-9-5-2-6-10-16)14-17(24-18)13-19-25(22,23)12-11-15-7-3-1-4-8-15/h1-10,17,19H,11-14H2. The highest BCUT2D eigenvalue weighted by Gasteiger charge is 2.32. The number of benzene rings is 2. The number of hydrogen-bond acceptors (Lipinski definition) is 4. The molecule has 1 fully saturated rings. The molecule has 1 aliphatic rings. The molecule has 0 saturated carbocycles. The molecule has 1 atom stereocenters. The molecule has 25 heavy (non-hydrogen) atoms. The van der Waals surface area contributed by atoms with Crippen LogP contribution in [0.25, 0.3) is 0 Å².